The monoisotopic (exact) mass is 234 g/mol. The molecular formula is C13H18N2O2. The van der Waals surface area contributed by atoms with Gasteiger partial charge in [-0.25, -0.2) is 0 Å². The van der Waals surface area contributed by atoms with Gasteiger partial charge in [-0.1, -0.05) is 18.2 Å². The summed E-state index contributed by atoms with van der Waals surface area (Å²) in [5.41, 5.74) is 5.67. The van der Waals surface area contributed by atoms with Gasteiger partial charge in [0.05, 0.1) is 19.3 Å². The summed E-state index contributed by atoms with van der Waals surface area (Å²) in [6.07, 6.45) is 1.30. The Morgan fingerprint density at radius 1 is 1.47 bits per heavy atom. The van der Waals surface area contributed by atoms with Crippen molar-refractivity contribution in [2.75, 3.05) is 6.61 Å². The lowest BCUT2D eigenvalue weighted by Gasteiger charge is -2.15. The molecule has 3 N–H and O–H groups in total. The Balaban J connectivity index is 2.39. The molecule has 4 nitrogen and oxygen atoms in total. The highest BCUT2D eigenvalue weighted by Crippen LogP contribution is 2.18. The molecule has 0 saturated carbocycles. The quantitative estimate of drug-likeness (QED) is 0.732. The molecule has 1 aromatic rings. The second-order valence-electron chi connectivity index (χ2n) is 4.25. The van der Waals surface area contributed by atoms with Gasteiger partial charge in [-0.05, 0) is 25.8 Å². The molecule has 1 rings (SSSR count). The van der Waals surface area contributed by atoms with Crippen LogP contribution in [0.1, 0.15) is 25.3 Å². The predicted molar refractivity (Wildman–Crippen MR) is 65.3 cm³/mol. The standard InChI is InChI=1S/C13H18N2O2/c1-13(15,10-14)7-4-8-17-12-6-3-2-5-11(12)9-16/h2-3,5-6,16H,4,7-9,15H2,1H3. The van der Waals surface area contributed by atoms with Crippen molar-refractivity contribution in [3.63, 3.8) is 0 Å². The molecule has 0 aliphatic carbocycles. The van der Waals surface area contributed by atoms with Gasteiger partial charge in [0.2, 0.25) is 0 Å². The molecule has 4 heteroatoms. The molecule has 0 aromatic heterocycles. The van der Waals surface area contributed by atoms with E-state index in [2.05, 4.69) is 0 Å². The highest BCUT2D eigenvalue weighted by atomic mass is 16.5. The number of nitrogens with two attached hydrogens (primary N) is 1. The van der Waals surface area contributed by atoms with E-state index in [1.165, 1.54) is 0 Å². The topological polar surface area (TPSA) is 79.3 Å². The molecule has 0 heterocycles. The van der Waals surface area contributed by atoms with E-state index in [-0.39, 0.29) is 6.61 Å². The molecular weight excluding hydrogens is 216 g/mol. The third-order valence-electron chi connectivity index (χ3n) is 2.50. The van der Waals surface area contributed by atoms with Gasteiger partial charge in [-0.15, -0.1) is 0 Å². The fourth-order valence-electron chi connectivity index (χ4n) is 1.45. The first-order valence-electron chi connectivity index (χ1n) is 5.61. The summed E-state index contributed by atoms with van der Waals surface area (Å²) < 4.78 is 5.54. The van der Waals surface area contributed by atoms with E-state index >= 15 is 0 Å². The van der Waals surface area contributed by atoms with E-state index in [4.69, 9.17) is 20.8 Å². The molecule has 0 aliphatic rings. The molecule has 0 bridgehead atoms. The summed E-state index contributed by atoms with van der Waals surface area (Å²) >= 11 is 0. The minimum Gasteiger partial charge on any atom is -0.493 e. The minimum atomic E-state index is -0.792. The van der Waals surface area contributed by atoms with Crippen LogP contribution in [0.2, 0.25) is 0 Å². The Labute approximate surface area is 102 Å². The second-order valence-corrected chi connectivity index (χ2v) is 4.25. The summed E-state index contributed by atoms with van der Waals surface area (Å²) in [5.74, 6) is 0.686. The lowest BCUT2D eigenvalue weighted by atomic mass is 10.00. The predicted octanol–water partition coefficient (Wildman–Crippen LogP) is 1.58. The first-order chi connectivity index (χ1) is 8.09. The maximum absolute atomic E-state index is 9.10. The van der Waals surface area contributed by atoms with E-state index < -0.39 is 5.54 Å². The number of nitrogens with zero attached hydrogens (tertiary/aromatic N) is 1. The zero-order valence-corrected chi connectivity index (χ0v) is 10.0. The number of aliphatic hydroxyl groups is 1. The molecule has 92 valence electrons. The van der Waals surface area contributed by atoms with E-state index in [0.29, 0.717) is 25.2 Å². The van der Waals surface area contributed by atoms with Gasteiger partial charge in [0.25, 0.3) is 0 Å². The van der Waals surface area contributed by atoms with E-state index in [9.17, 15) is 0 Å². The third kappa shape index (κ3) is 4.43. The lowest BCUT2D eigenvalue weighted by molar-refractivity contribution is 0.257. The van der Waals surface area contributed by atoms with Gasteiger partial charge in [0.15, 0.2) is 0 Å². The van der Waals surface area contributed by atoms with Crippen molar-refractivity contribution in [2.45, 2.75) is 31.9 Å². The van der Waals surface area contributed by atoms with Gasteiger partial charge < -0.3 is 15.6 Å². The molecule has 17 heavy (non-hydrogen) atoms. The maximum Gasteiger partial charge on any atom is 0.124 e. The molecule has 0 amide bonds. The molecule has 1 unspecified atom stereocenters. The highest BCUT2D eigenvalue weighted by Gasteiger charge is 2.16. The van der Waals surface area contributed by atoms with Crippen molar-refractivity contribution in [1.29, 1.82) is 5.26 Å². The fourth-order valence-corrected chi connectivity index (χ4v) is 1.45. The van der Waals surface area contributed by atoms with Gasteiger partial charge in [0.1, 0.15) is 11.3 Å². The first kappa shape index (κ1) is 13.5. The van der Waals surface area contributed by atoms with Gasteiger partial charge in [-0.2, -0.15) is 5.26 Å². The molecule has 0 fully saturated rings. The SMILES string of the molecule is CC(N)(C#N)CCCOc1ccccc1CO. The minimum absolute atomic E-state index is 0.0387. The van der Waals surface area contributed by atoms with Crippen LogP contribution < -0.4 is 10.5 Å². The number of benzene rings is 1. The van der Waals surface area contributed by atoms with Crippen molar-refractivity contribution in [3.05, 3.63) is 29.8 Å². The van der Waals surface area contributed by atoms with Crippen LogP contribution in [0.3, 0.4) is 0 Å². The average molecular weight is 234 g/mol. The molecule has 0 radical (unpaired) electrons. The largest absolute Gasteiger partial charge is 0.493 e. The van der Waals surface area contributed by atoms with E-state index in [1.807, 2.05) is 30.3 Å². The Kier molecular flexibility index (Phi) is 4.95. The van der Waals surface area contributed by atoms with Gasteiger partial charge in [0, 0.05) is 5.56 Å². The summed E-state index contributed by atoms with van der Waals surface area (Å²) in [5, 5.41) is 17.8. The molecule has 0 saturated heterocycles. The number of hydrogen-bond acceptors (Lipinski definition) is 4. The van der Waals surface area contributed by atoms with E-state index in [0.717, 1.165) is 5.56 Å². The van der Waals surface area contributed by atoms with Crippen LogP contribution in [-0.2, 0) is 6.61 Å². The Hall–Kier alpha value is -1.57. The van der Waals surface area contributed by atoms with Crippen LogP contribution in [0.4, 0.5) is 0 Å². The number of hydrogen-bond donors (Lipinski definition) is 2. The van der Waals surface area contributed by atoms with Crippen LogP contribution in [0.5, 0.6) is 5.75 Å². The molecule has 1 aromatic carbocycles. The van der Waals surface area contributed by atoms with E-state index in [1.54, 1.807) is 6.92 Å². The second kappa shape index (κ2) is 6.24. The smallest absolute Gasteiger partial charge is 0.124 e. The Morgan fingerprint density at radius 3 is 2.82 bits per heavy atom. The van der Waals surface area contributed by atoms with Crippen molar-refractivity contribution in [2.24, 2.45) is 5.73 Å². The lowest BCUT2D eigenvalue weighted by Crippen LogP contribution is -2.34. The number of nitriles is 1. The van der Waals surface area contributed by atoms with Crippen molar-refractivity contribution in [3.8, 4) is 11.8 Å². The van der Waals surface area contributed by atoms with Crippen molar-refractivity contribution >= 4 is 0 Å². The Bertz CT molecular complexity index is 397. The Morgan fingerprint density at radius 2 is 2.18 bits per heavy atom. The number of para-hydroxylation sites is 1. The van der Waals surface area contributed by atoms with Gasteiger partial charge in [-0.3, -0.25) is 0 Å². The number of ether oxygens (including phenoxy) is 1. The summed E-state index contributed by atoms with van der Waals surface area (Å²) in [6, 6.07) is 9.39. The summed E-state index contributed by atoms with van der Waals surface area (Å²) in [4.78, 5) is 0. The molecule has 1 atom stereocenters. The fraction of sp³-hybridized carbons (Fsp3) is 0.462. The third-order valence-corrected chi connectivity index (χ3v) is 2.50. The zero-order valence-electron chi connectivity index (χ0n) is 10.0. The summed E-state index contributed by atoms with van der Waals surface area (Å²) in [6.45, 7) is 2.16. The van der Waals surface area contributed by atoms with Crippen LogP contribution in [0.25, 0.3) is 0 Å². The zero-order chi connectivity index (χ0) is 12.7. The van der Waals surface area contributed by atoms with Crippen molar-refractivity contribution in [1.82, 2.24) is 0 Å². The van der Waals surface area contributed by atoms with Crippen LogP contribution in [0.15, 0.2) is 24.3 Å². The van der Waals surface area contributed by atoms with Crippen LogP contribution >= 0.6 is 0 Å². The normalized spacial score (nSPS) is 13.8. The van der Waals surface area contributed by atoms with Gasteiger partial charge >= 0.3 is 0 Å². The van der Waals surface area contributed by atoms with Crippen LogP contribution in [-0.4, -0.2) is 17.3 Å². The summed E-state index contributed by atoms with van der Waals surface area (Å²) in [7, 11) is 0. The first-order valence-corrected chi connectivity index (χ1v) is 5.61. The molecule has 0 spiro atoms. The van der Waals surface area contributed by atoms with Crippen molar-refractivity contribution < 1.29 is 9.84 Å². The van der Waals surface area contributed by atoms with Crippen LogP contribution in [0, 0.1) is 11.3 Å². The molecule has 0 aliphatic heterocycles. The number of rotatable bonds is 6. The average Bonchev–Trinajstić information content (AvgIpc) is 2.35. The number of aliphatic hydroxyl groups excluding tert-OH is 1. The highest BCUT2D eigenvalue weighted by molar-refractivity contribution is 5.32. The maximum atomic E-state index is 9.10.